The van der Waals surface area contributed by atoms with E-state index in [1.54, 1.807) is 0 Å². The minimum Gasteiger partial charge on any atom is -0.298 e. The number of rotatable bonds is 7. The molecule has 1 aromatic heterocycles. The summed E-state index contributed by atoms with van der Waals surface area (Å²) in [5.41, 5.74) is 2.87. The number of aldehydes is 1. The lowest BCUT2D eigenvalue weighted by Gasteiger charge is -2.14. The fourth-order valence-electron chi connectivity index (χ4n) is 2.28. The summed E-state index contributed by atoms with van der Waals surface area (Å²) in [6, 6.07) is 0. The van der Waals surface area contributed by atoms with Crippen molar-refractivity contribution in [2.75, 3.05) is 0 Å². The third-order valence-electron chi connectivity index (χ3n) is 3.55. The summed E-state index contributed by atoms with van der Waals surface area (Å²) < 4.78 is 2.06. The molecule has 0 aromatic carbocycles. The second-order valence-electron chi connectivity index (χ2n) is 4.50. The molecule has 0 unspecified atom stereocenters. The molecule has 0 spiro atoms. The third kappa shape index (κ3) is 2.96. The van der Waals surface area contributed by atoms with E-state index in [0.717, 1.165) is 55.5 Å². The van der Waals surface area contributed by atoms with E-state index in [1.165, 1.54) is 0 Å². The first-order valence-corrected chi connectivity index (χ1v) is 6.75. The fourth-order valence-corrected chi connectivity index (χ4v) is 2.28. The summed E-state index contributed by atoms with van der Waals surface area (Å²) >= 11 is 0. The number of aromatic nitrogens is 2. The Balaban J connectivity index is 3.06. The van der Waals surface area contributed by atoms with Gasteiger partial charge < -0.3 is 0 Å². The van der Waals surface area contributed by atoms with Gasteiger partial charge in [-0.2, -0.15) is 5.10 Å². The molecule has 0 radical (unpaired) electrons. The van der Waals surface area contributed by atoms with Gasteiger partial charge in [0, 0.05) is 12.2 Å². The van der Waals surface area contributed by atoms with Crippen LogP contribution in [0.5, 0.6) is 0 Å². The third-order valence-corrected chi connectivity index (χ3v) is 3.55. The Morgan fingerprint density at radius 1 is 1.18 bits per heavy atom. The van der Waals surface area contributed by atoms with E-state index in [0.29, 0.717) is 5.92 Å². The lowest BCUT2D eigenvalue weighted by molar-refractivity contribution is 0.112. The number of nitrogens with zero attached hydrogens (tertiary/aromatic N) is 2. The van der Waals surface area contributed by atoms with Crippen LogP contribution in [0.1, 0.15) is 62.3 Å². The van der Waals surface area contributed by atoms with Gasteiger partial charge in [-0.15, -0.1) is 0 Å². The Morgan fingerprint density at radius 2 is 1.82 bits per heavy atom. The summed E-state index contributed by atoms with van der Waals surface area (Å²) in [4.78, 5) is 11.2. The monoisotopic (exact) mass is 236 g/mol. The molecular weight excluding hydrogens is 212 g/mol. The number of aryl methyl sites for hydroxylation is 1. The van der Waals surface area contributed by atoms with Gasteiger partial charge in [0.1, 0.15) is 0 Å². The van der Waals surface area contributed by atoms with Crippen molar-refractivity contribution in [2.24, 2.45) is 5.92 Å². The van der Waals surface area contributed by atoms with E-state index in [9.17, 15) is 4.79 Å². The first kappa shape index (κ1) is 13.9. The first-order valence-electron chi connectivity index (χ1n) is 6.75. The Hall–Kier alpha value is -1.12. The molecule has 96 valence electrons. The van der Waals surface area contributed by atoms with Crippen LogP contribution in [0.4, 0.5) is 0 Å². The number of hydrogen-bond donors (Lipinski definition) is 0. The predicted octanol–water partition coefficient (Wildman–Crippen LogP) is 3.26. The van der Waals surface area contributed by atoms with Gasteiger partial charge in [0.15, 0.2) is 6.29 Å². The van der Waals surface area contributed by atoms with Crippen LogP contribution in [0.3, 0.4) is 0 Å². The van der Waals surface area contributed by atoms with Crippen LogP contribution < -0.4 is 0 Å². The van der Waals surface area contributed by atoms with E-state index >= 15 is 0 Å². The molecule has 0 aliphatic heterocycles. The lowest BCUT2D eigenvalue weighted by Crippen LogP contribution is -2.13. The Morgan fingerprint density at radius 3 is 2.24 bits per heavy atom. The SMILES string of the molecule is CCc1nn(CC(CC)CC)c(CC)c1C=O. The largest absolute Gasteiger partial charge is 0.298 e. The molecule has 0 aliphatic carbocycles. The van der Waals surface area contributed by atoms with E-state index in [1.807, 2.05) is 0 Å². The van der Waals surface area contributed by atoms with Gasteiger partial charge in [-0.3, -0.25) is 9.48 Å². The fraction of sp³-hybridized carbons (Fsp3) is 0.714. The van der Waals surface area contributed by atoms with E-state index in [4.69, 9.17) is 0 Å². The summed E-state index contributed by atoms with van der Waals surface area (Å²) in [6.07, 6.45) is 5.00. The van der Waals surface area contributed by atoms with Gasteiger partial charge in [-0.25, -0.2) is 0 Å². The van der Waals surface area contributed by atoms with Crippen LogP contribution in [0.25, 0.3) is 0 Å². The van der Waals surface area contributed by atoms with Gasteiger partial charge in [-0.05, 0) is 18.8 Å². The molecule has 1 rings (SSSR count). The molecule has 0 amide bonds. The highest BCUT2D eigenvalue weighted by molar-refractivity contribution is 5.78. The zero-order valence-corrected chi connectivity index (χ0v) is 11.5. The maximum atomic E-state index is 11.2. The van der Waals surface area contributed by atoms with Gasteiger partial charge in [0.2, 0.25) is 0 Å². The summed E-state index contributed by atoms with van der Waals surface area (Å²) in [6.45, 7) is 9.51. The van der Waals surface area contributed by atoms with E-state index < -0.39 is 0 Å². The van der Waals surface area contributed by atoms with Crippen molar-refractivity contribution in [3.8, 4) is 0 Å². The van der Waals surface area contributed by atoms with Crippen LogP contribution in [-0.4, -0.2) is 16.1 Å². The maximum absolute atomic E-state index is 11.2. The standard InChI is InChI=1S/C14H24N2O/c1-5-11(6-2)9-16-14(8-4)12(10-17)13(7-3)15-16/h10-11H,5-9H2,1-4H3. The molecule has 3 heteroatoms. The molecule has 0 aliphatic rings. The van der Waals surface area contributed by atoms with Gasteiger partial charge >= 0.3 is 0 Å². The molecule has 17 heavy (non-hydrogen) atoms. The van der Waals surface area contributed by atoms with Crippen molar-refractivity contribution in [3.05, 3.63) is 17.0 Å². The van der Waals surface area contributed by atoms with E-state index in [-0.39, 0.29) is 0 Å². The van der Waals surface area contributed by atoms with E-state index in [2.05, 4.69) is 37.5 Å². The van der Waals surface area contributed by atoms with Gasteiger partial charge in [-0.1, -0.05) is 40.5 Å². The minimum absolute atomic E-state index is 0.657. The van der Waals surface area contributed by atoms with Crippen molar-refractivity contribution in [1.82, 2.24) is 9.78 Å². The van der Waals surface area contributed by atoms with Gasteiger partial charge in [0.05, 0.1) is 11.3 Å². The number of carbonyl (C=O) groups is 1. The van der Waals surface area contributed by atoms with Crippen molar-refractivity contribution >= 4 is 6.29 Å². The molecule has 3 nitrogen and oxygen atoms in total. The minimum atomic E-state index is 0.657. The average Bonchev–Trinajstić information content (AvgIpc) is 2.72. The highest BCUT2D eigenvalue weighted by Crippen LogP contribution is 2.18. The van der Waals surface area contributed by atoms with Crippen LogP contribution >= 0.6 is 0 Å². The molecule has 0 fully saturated rings. The highest BCUT2D eigenvalue weighted by atomic mass is 16.1. The smallest absolute Gasteiger partial charge is 0.153 e. The Kier molecular flexibility index (Phi) is 5.39. The Labute approximate surface area is 104 Å². The van der Waals surface area contributed by atoms with Crippen LogP contribution in [0, 0.1) is 5.92 Å². The quantitative estimate of drug-likeness (QED) is 0.681. The van der Waals surface area contributed by atoms with Crippen molar-refractivity contribution in [2.45, 2.75) is 59.9 Å². The second kappa shape index (κ2) is 6.58. The maximum Gasteiger partial charge on any atom is 0.153 e. The molecule has 0 saturated carbocycles. The zero-order chi connectivity index (χ0) is 12.8. The summed E-state index contributed by atoms with van der Waals surface area (Å²) in [5, 5.41) is 4.59. The molecular formula is C14H24N2O. The van der Waals surface area contributed by atoms with Crippen LogP contribution in [0.15, 0.2) is 0 Å². The molecule has 1 aromatic rings. The topological polar surface area (TPSA) is 34.9 Å². The van der Waals surface area contributed by atoms with Crippen molar-refractivity contribution in [3.63, 3.8) is 0 Å². The number of carbonyl (C=O) groups excluding carboxylic acids is 1. The number of hydrogen-bond acceptors (Lipinski definition) is 2. The summed E-state index contributed by atoms with van der Waals surface area (Å²) in [5.74, 6) is 0.657. The van der Waals surface area contributed by atoms with Crippen LogP contribution in [0.2, 0.25) is 0 Å². The lowest BCUT2D eigenvalue weighted by atomic mass is 10.0. The molecule has 0 N–H and O–H groups in total. The normalized spacial score (nSPS) is 11.1. The molecule has 1 heterocycles. The molecule has 0 atom stereocenters. The van der Waals surface area contributed by atoms with Crippen molar-refractivity contribution < 1.29 is 4.79 Å². The molecule has 0 bridgehead atoms. The summed E-state index contributed by atoms with van der Waals surface area (Å²) in [7, 11) is 0. The average molecular weight is 236 g/mol. The first-order chi connectivity index (χ1) is 8.21. The Bertz CT molecular complexity index is 365. The highest BCUT2D eigenvalue weighted by Gasteiger charge is 2.16. The molecule has 0 saturated heterocycles. The predicted molar refractivity (Wildman–Crippen MR) is 70.4 cm³/mol. The second-order valence-corrected chi connectivity index (χ2v) is 4.50. The zero-order valence-electron chi connectivity index (χ0n) is 11.5. The van der Waals surface area contributed by atoms with Crippen LogP contribution in [-0.2, 0) is 19.4 Å². The van der Waals surface area contributed by atoms with Gasteiger partial charge in [0.25, 0.3) is 0 Å². The van der Waals surface area contributed by atoms with Crippen molar-refractivity contribution in [1.29, 1.82) is 0 Å².